The predicted octanol–water partition coefficient (Wildman–Crippen LogP) is 1.87. The summed E-state index contributed by atoms with van der Waals surface area (Å²) in [6.07, 6.45) is 0.306. The second kappa shape index (κ2) is 6.40. The van der Waals surface area contributed by atoms with E-state index in [-0.39, 0.29) is 10.8 Å². The Bertz CT molecular complexity index is 543. The molecule has 2 unspecified atom stereocenters. The second-order valence-electron chi connectivity index (χ2n) is 4.24. The Morgan fingerprint density at radius 2 is 1.95 bits per heavy atom. The number of hydrogen-bond acceptors (Lipinski definition) is 3. The lowest BCUT2D eigenvalue weighted by Gasteiger charge is -2.19. The van der Waals surface area contributed by atoms with Crippen LogP contribution in [0.15, 0.2) is 24.3 Å². The number of benzene rings is 1. The Morgan fingerprint density at radius 1 is 1.42 bits per heavy atom. The van der Waals surface area contributed by atoms with E-state index in [2.05, 4.69) is 4.72 Å². The molecule has 0 saturated heterocycles. The number of rotatable bonds is 6. The summed E-state index contributed by atoms with van der Waals surface area (Å²) in [5.74, 6) is -0.367. The lowest BCUT2D eigenvalue weighted by atomic mass is 10.1. The van der Waals surface area contributed by atoms with Crippen LogP contribution in [-0.2, 0) is 10.0 Å². The third-order valence-corrected chi connectivity index (χ3v) is 5.23. The van der Waals surface area contributed by atoms with E-state index in [1.807, 2.05) is 0 Å². The van der Waals surface area contributed by atoms with Gasteiger partial charge >= 0.3 is 0 Å². The molecule has 0 fully saturated rings. The van der Waals surface area contributed by atoms with Crippen LogP contribution in [0.1, 0.15) is 31.9 Å². The zero-order valence-corrected chi connectivity index (χ0v) is 12.4. The van der Waals surface area contributed by atoms with Gasteiger partial charge in [-0.05, 0) is 31.0 Å². The number of nitrogens with two attached hydrogens (primary N) is 1. The number of nitrogens with one attached hydrogen (secondary N) is 1. The van der Waals surface area contributed by atoms with Crippen LogP contribution in [0.4, 0.5) is 4.39 Å². The van der Waals surface area contributed by atoms with Crippen LogP contribution in [0.25, 0.3) is 0 Å². The summed E-state index contributed by atoms with van der Waals surface area (Å²) >= 11 is 4.76. The van der Waals surface area contributed by atoms with Gasteiger partial charge in [0.1, 0.15) is 11.1 Å². The van der Waals surface area contributed by atoms with Crippen LogP contribution in [0.3, 0.4) is 0 Å². The molecule has 0 aliphatic carbocycles. The summed E-state index contributed by atoms with van der Waals surface area (Å²) in [6, 6.07) is 5.15. The largest absolute Gasteiger partial charge is 0.392 e. The Labute approximate surface area is 118 Å². The molecular formula is C12H17FN2O2S2. The summed E-state index contributed by atoms with van der Waals surface area (Å²) in [5, 5.41) is -0.898. The van der Waals surface area contributed by atoms with Crippen LogP contribution < -0.4 is 10.5 Å². The lowest BCUT2D eigenvalue weighted by molar-refractivity contribution is 0.559. The van der Waals surface area contributed by atoms with Crippen molar-refractivity contribution in [2.24, 2.45) is 5.73 Å². The van der Waals surface area contributed by atoms with Crippen molar-refractivity contribution in [3.8, 4) is 0 Å². The van der Waals surface area contributed by atoms with Crippen LogP contribution in [0.2, 0.25) is 0 Å². The van der Waals surface area contributed by atoms with E-state index in [1.165, 1.54) is 24.3 Å². The highest BCUT2D eigenvalue weighted by molar-refractivity contribution is 7.93. The molecule has 0 radical (unpaired) electrons. The molecule has 0 aromatic heterocycles. The molecule has 0 aliphatic heterocycles. The molecule has 1 rings (SSSR count). The minimum Gasteiger partial charge on any atom is -0.392 e. The van der Waals surface area contributed by atoms with E-state index in [0.717, 1.165) is 0 Å². The topological polar surface area (TPSA) is 72.2 Å². The first kappa shape index (κ1) is 16.0. The van der Waals surface area contributed by atoms with Crippen molar-refractivity contribution in [2.45, 2.75) is 31.6 Å². The van der Waals surface area contributed by atoms with Crippen LogP contribution in [0.5, 0.6) is 0 Å². The maximum Gasteiger partial charge on any atom is 0.221 e. The first-order chi connectivity index (χ1) is 8.77. The van der Waals surface area contributed by atoms with Gasteiger partial charge in [0, 0.05) is 6.04 Å². The van der Waals surface area contributed by atoms with Crippen LogP contribution in [0, 0.1) is 5.82 Å². The van der Waals surface area contributed by atoms with Gasteiger partial charge in [0.25, 0.3) is 0 Å². The van der Waals surface area contributed by atoms with Crippen molar-refractivity contribution in [2.75, 3.05) is 0 Å². The van der Waals surface area contributed by atoms with Gasteiger partial charge in [0.2, 0.25) is 10.0 Å². The molecule has 1 aromatic rings. The summed E-state index contributed by atoms with van der Waals surface area (Å²) in [6.45, 7) is 3.38. The third-order valence-electron chi connectivity index (χ3n) is 2.77. The highest BCUT2D eigenvalue weighted by atomic mass is 32.2. The quantitative estimate of drug-likeness (QED) is 0.787. The molecule has 0 heterocycles. The summed E-state index contributed by atoms with van der Waals surface area (Å²) in [5.41, 5.74) is 6.10. The van der Waals surface area contributed by atoms with Gasteiger partial charge in [-0.3, -0.25) is 0 Å². The molecular weight excluding hydrogens is 287 g/mol. The molecule has 2 atom stereocenters. The SMILES string of the molecule is CCC(C(N)=S)S(=O)(=O)NC(C)c1ccc(F)cc1. The van der Waals surface area contributed by atoms with Gasteiger partial charge in [-0.15, -0.1) is 0 Å². The molecule has 3 N–H and O–H groups in total. The number of sulfonamides is 1. The van der Waals surface area contributed by atoms with Crippen LogP contribution in [-0.4, -0.2) is 18.7 Å². The van der Waals surface area contributed by atoms with Gasteiger partial charge in [-0.1, -0.05) is 31.3 Å². The molecule has 19 heavy (non-hydrogen) atoms. The maximum atomic E-state index is 12.8. The van der Waals surface area contributed by atoms with E-state index in [1.54, 1.807) is 13.8 Å². The Morgan fingerprint density at radius 3 is 2.37 bits per heavy atom. The minimum atomic E-state index is -3.64. The fraction of sp³-hybridized carbons (Fsp3) is 0.417. The molecule has 106 valence electrons. The monoisotopic (exact) mass is 304 g/mol. The highest BCUT2D eigenvalue weighted by Gasteiger charge is 2.28. The fourth-order valence-electron chi connectivity index (χ4n) is 1.72. The summed E-state index contributed by atoms with van der Waals surface area (Å²) in [4.78, 5) is -0.0543. The van der Waals surface area contributed by atoms with Crippen molar-refractivity contribution in [1.29, 1.82) is 0 Å². The molecule has 0 saturated carbocycles. The van der Waals surface area contributed by atoms with Crippen molar-refractivity contribution in [3.63, 3.8) is 0 Å². The molecule has 1 aromatic carbocycles. The van der Waals surface area contributed by atoms with Gasteiger partial charge in [-0.25, -0.2) is 17.5 Å². The Kier molecular flexibility index (Phi) is 5.39. The van der Waals surface area contributed by atoms with E-state index in [0.29, 0.717) is 12.0 Å². The average Bonchev–Trinajstić information content (AvgIpc) is 2.28. The number of thiocarbonyl (C=S) groups is 1. The van der Waals surface area contributed by atoms with E-state index in [4.69, 9.17) is 18.0 Å². The van der Waals surface area contributed by atoms with Crippen LogP contribution >= 0.6 is 12.2 Å². The predicted molar refractivity (Wildman–Crippen MR) is 77.7 cm³/mol. The van der Waals surface area contributed by atoms with Gasteiger partial charge in [0.15, 0.2) is 0 Å². The average molecular weight is 304 g/mol. The zero-order chi connectivity index (χ0) is 14.6. The maximum absolute atomic E-state index is 12.8. The molecule has 0 bridgehead atoms. The number of halogens is 1. The van der Waals surface area contributed by atoms with Crippen molar-refractivity contribution in [1.82, 2.24) is 4.72 Å². The van der Waals surface area contributed by atoms with Crippen molar-refractivity contribution < 1.29 is 12.8 Å². The highest BCUT2D eigenvalue weighted by Crippen LogP contribution is 2.16. The van der Waals surface area contributed by atoms with Crippen molar-refractivity contribution in [3.05, 3.63) is 35.6 Å². The molecule has 7 heteroatoms. The fourth-order valence-corrected chi connectivity index (χ4v) is 3.81. The molecule has 0 spiro atoms. The Balaban J connectivity index is 2.89. The summed E-state index contributed by atoms with van der Waals surface area (Å²) < 4.78 is 39.5. The second-order valence-corrected chi connectivity index (χ2v) is 6.60. The van der Waals surface area contributed by atoms with E-state index in [9.17, 15) is 12.8 Å². The lowest BCUT2D eigenvalue weighted by Crippen LogP contribution is -2.42. The molecule has 0 aliphatic rings. The van der Waals surface area contributed by atoms with Gasteiger partial charge in [-0.2, -0.15) is 0 Å². The molecule has 0 amide bonds. The smallest absolute Gasteiger partial charge is 0.221 e. The summed E-state index contributed by atoms with van der Waals surface area (Å²) in [7, 11) is -3.64. The van der Waals surface area contributed by atoms with Gasteiger partial charge < -0.3 is 5.73 Å². The van der Waals surface area contributed by atoms with Crippen molar-refractivity contribution >= 4 is 27.2 Å². The third kappa shape index (κ3) is 4.22. The van der Waals surface area contributed by atoms with E-state index >= 15 is 0 Å². The van der Waals surface area contributed by atoms with Gasteiger partial charge in [0.05, 0.1) is 4.99 Å². The zero-order valence-electron chi connectivity index (χ0n) is 10.8. The standard InChI is InChI=1S/C12H17FN2O2S2/c1-3-11(12(14)18)19(16,17)15-8(2)9-4-6-10(13)7-5-9/h4-8,11,15H,3H2,1-2H3,(H2,14,18). The number of hydrogen-bond donors (Lipinski definition) is 2. The molecule has 4 nitrogen and oxygen atoms in total. The minimum absolute atomic E-state index is 0.0543. The first-order valence-corrected chi connectivity index (χ1v) is 7.79. The Hall–Kier alpha value is -1.05. The first-order valence-electron chi connectivity index (χ1n) is 5.84. The van der Waals surface area contributed by atoms with E-state index < -0.39 is 21.3 Å². The normalized spacial score (nSPS) is 14.9.